The van der Waals surface area contributed by atoms with Crippen molar-refractivity contribution in [3.8, 4) is 0 Å². The summed E-state index contributed by atoms with van der Waals surface area (Å²) in [6.07, 6.45) is 1.73. The van der Waals surface area contributed by atoms with Gasteiger partial charge in [0.2, 0.25) is 5.95 Å². The van der Waals surface area contributed by atoms with E-state index in [0.29, 0.717) is 5.95 Å². The molecule has 0 unspecified atom stereocenters. The molecule has 1 aromatic carbocycles. The molecule has 2 N–H and O–H groups in total. The third kappa shape index (κ3) is 1.90. The molecule has 2 aromatic rings. The molecule has 1 aromatic heterocycles. The van der Waals surface area contributed by atoms with Crippen LogP contribution in [0, 0.1) is 12.7 Å². The maximum absolute atomic E-state index is 12.6. The average molecular weight is 191 g/mol. The van der Waals surface area contributed by atoms with E-state index in [4.69, 9.17) is 0 Å². The van der Waals surface area contributed by atoms with Crippen LogP contribution in [0.3, 0.4) is 0 Å². The molecule has 0 aliphatic rings. The lowest BCUT2D eigenvalue weighted by Crippen LogP contribution is -1.91. The quantitative estimate of drug-likeness (QED) is 0.766. The Balaban J connectivity index is 2.15. The van der Waals surface area contributed by atoms with Crippen molar-refractivity contribution in [2.24, 2.45) is 0 Å². The van der Waals surface area contributed by atoms with Crippen molar-refractivity contribution in [1.82, 2.24) is 9.97 Å². The smallest absolute Gasteiger partial charge is 0.204 e. The van der Waals surface area contributed by atoms with E-state index in [0.717, 1.165) is 11.4 Å². The standard InChI is InChI=1S/C10H10FN3/c1-7-6-12-10(13-7)14-9-4-2-8(11)3-5-9/h2-6H,1H3,(H2,12,13,14). The number of rotatable bonds is 2. The average Bonchev–Trinajstić information content (AvgIpc) is 2.56. The summed E-state index contributed by atoms with van der Waals surface area (Å²) in [6, 6.07) is 6.12. The van der Waals surface area contributed by atoms with Gasteiger partial charge in [0.05, 0.1) is 0 Å². The van der Waals surface area contributed by atoms with E-state index in [1.807, 2.05) is 6.92 Å². The second-order valence-corrected chi connectivity index (χ2v) is 3.05. The Morgan fingerprint density at radius 2 is 2.00 bits per heavy atom. The van der Waals surface area contributed by atoms with Gasteiger partial charge < -0.3 is 10.3 Å². The lowest BCUT2D eigenvalue weighted by molar-refractivity contribution is 0.628. The molecule has 14 heavy (non-hydrogen) atoms. The number of nitrogens with zero attached hydrogens (tertiary/aromatic N) is 1. The highest BCUT2D eigenvalue weighted by Gasteiger charge is 1.97. The van der Waals surface area contributed by atoms with E-state index in [1.54, 1.807) is 18.3 Å². The molecule has 0 atom stereocenters. The predicted molar refractivity (Wildman–Crippen MR) is 53.0 cm³/mol. The number of halogens is 1. The predicted octanol–water partition coefficient (Wildman–Crippen LogP) is 2.60. The highest BCUT2D eigenvalue weighted by atomic mass is 19.1. The van der Waals surface area contributed by atoms with Gasteiger partial charge in [-0.25, -0.2) is 9.37 Å². The van der Waals surface area contributed by atoms with Gasteiger partial charge in [-0.15, -0.1) is 0 Å². The first kappa shape index (κ1) is 8.74. The Morgan fingerprint density at radius 1 is 1.29 bits per heavy atom. The van der Waals surface area contributed by atoms with Crippen LogP contribution in [-0.4, -0.2) is 9.97 Å². The molecule has 4 heteroatoms. The Bertz CT molecular complexity index is 419. The first-order valence-electron chi connectivity index (χ1n) is 4.28. The first-order chi connectivity index (χ1) is 6.74. The molecule has 0 aliphatic carbocycles. The van der Waals surface area contributed by atoms with Gasteiger partial charge in [-0.2, -0.15) is 0 Å². The van der Waals surface area contributed by atoms with Crippen molar-refractivity contribution in [3.05, 3.63) is 42.0 Å². The Hall–Kier alpha value is -1.84. The monoisotopic (exact) mass is 191 g/mol. The number of hydrogen-bond acceptors (Lipinski definition) is 2. The highest BCUT2D eigenvalue weighted by Crippen LogP contribution is 2.13. The Morgan fingerprint density at radius 3 is 2.57 bits per heavy atom. The van der Waals surface area contributed by atoms with E-state index >= 15 is 0 Å². The van der Waals surface area contributed by atoms with Crippen LogP contribution >= 0.6 is 0 Å². The third-order valence-electron chi connectivity index (χ3n) is 1.81. The minimum absolute atomic E-state index is 0.244. The van der Waals surface area contributed by atoms with Gasteiger partial charge in [-0.1, -0.05) is 0 Å². The normalized spacial score (nSPS) is 10.1. The van der Waals surface area contributed by atoms with Gasteiger partial charge >= 0.3 is 0 Å². The molecule has 0 bridgehead atoms. The zero-order valence-electron chi connectivity index (χ0n) is 7.71. The van der Waals surface area contributed by atoms with Crippen LogP contribution in [0.4, 0.5) is 16.0 Å². The zero-order valence-corrected chi connectivity index (χ0v) is 7.71. The maximum Gasteiger partial charge on any atom is 0.204 e. The van der Waals surface area contributed by atoms with Gasteiger partial charge in [0, 0.05) is 17.6 Å². The summed E-state index contributed by atoms with van der Waals surface area (Å²) in [5.74, 6) is 0.417. The van der Waals surface area contributed by atoms with E-state index in [-0.39, 0.29) is 5.82 Å². The number of aryl methyl sites for hydroxylation is 1. The number of nitrogens with one attached hydrogen (secondary N) is 2. The molecule has 0 radical (unpaired) electrons. The fraction of sp³-hybridized carbons (Fsp3) is 0.100. The summed E-state index contributed by atoms with van der Waals surface area (Å²) >= 11 is 0. The molecule has 0 saturated carbocycles. The molecule has 1 heterocycles. The van der Waals surface area contributed by atoms with E-state index in [9.17, 15) is 4.39 Å². The minimum atomic E-state index is -0.244. The molecule has 2 rings (SSSR count). The molecule has 0 spiro atoms. The zero-order chi connectivity index (χ0) is 9.97. The van der Waals surface area contributed by atoms with E-state index in [1.165, 1.54) is 12.1 Å². The fourth-order valence-corrected chi connectivity index (χ4v) is 1.15. The summed E-state index contributed by atoms with van der Waals surface area (Å²) in [4.78, 5) is 7.10. The van der Waals surface area contributed by atoms with Crippen molar-refractivity contribution in [1.29, 1.82) is 0 Å². The van der Waals surface area contributed by atoms with Gasteiger partial charge in [0.1, 0.15) is 5.82 Å². The molecule has 0 amide bonds. The first-order valence-corrected chi connectivity index (χ1v) is 4.28. The molecule has 72 valence electrons. The number of imidazole rings is 1. The van der Waals surface area contributed by atoms with Gasteiger partial charge in [0.15, 0.2) is 0 Å². The number of H-pyrrole nitrogens is 1. The van der Waals surface area contributed by atoms with Crippen LogP contribution in [0.2, 0.25) is 0 Å². The molecule has 3 nitrogen and oxygen atoms in total. The number of aromatic nitrogens is 2. The SMILES string of the molecule is Cc1cnc(Nc2ccc(F)cc2)[nH]1. The number of benzene rings is 1. The molecule has 0 aliphatic heterocycles. The van der Waals surface area contributed by atoms with Gasteiger partial charge in [-0.05, 0) is 31.2 Å². The second-order valence-electron chi connectivity index (χ2n) is 3.05. The number of aromatic amines is 1. The lowest BCUT2D eigenvalue weighted by Gasteiger charge is -2.01. The van der Waals surface area contributed by atoms with Crippen LogP contribution in [0.1, 0.15) is 5.69 Å². The summed E-state index contributed by atoms with van der Waals surface area (Å²) < 4.78 is 12.6. The van der Waals surface area contributed by atoms with Crippen LogP contribution in [0.5, 0.6) is 0 Å². The van der Waals surface area contributed by atoms with Gasteiger partial charge in [-0.3, -0.25) is 0 Å². The fourth-order valence-electron chi connectivity index (χ4n) is 1.15. The highest BCUT2D eigenvalue weighted by molar-refractivity contribution is 5.52. The molecular weight excluding hydrogens is 181 g/mol. The second kappa shape index (κ2) is 3.49. The largest absolute Gasteiger partial charge is 0.328 e. The van der Waals surface area contributed by atoms with Gasteiger partial charge in [0.25, 0.3) is 0 Å². The third-order valence-corrected chi connectivity index (χ3v) is 1.81. The van der Waals surface area contributed by atoms with Crippen molar-refractivity contribution in [2.75, 3.05) is 5.32 Å². The topological polar surface area (TPSA) is 40.7 Å². The number of anilines is 2. The van der Waals surface area contributed by atoms with Crippen LogP contribution in [-0.2, 0) is 0 Å². The molecule has 0 fully saturated rings. The van der Waals surface area contributed by atoms with Crippen molar-refractivity contribution in [2.45, 2.75) is 6.92 Å². The van der Waals surface area contributed by atoms with Crippen LogP contribution in [0.15, 0.2) is 30.5 Å². The molecule has 0 saturated heterocycles. The van der Waals surface area contributed by atoms with E-state index < -0.39 is 0 Å². The maximum atomic E-state index is 12.6. The summed E-state index contributed by atoms with van der Waals surface area (Å²) in [6.45, 7) is 1.92. The lowest BCUT2D eigenvalue weighted by atomic mass is 10.3. The Labute approximate surface area is 81.0 Å². The van der Waals surface area contributed by atoms with Crippen LogP contribution < -0.4 is 5.32 Å². The van der Waals surface area contributed by atoms with Crippen LogP contribution in [0.25, 0.3) is 0 Å². The van der Waals surface area contributed by atoms with Crippen molar-refractivity contribution >= 4 is 11.6 Å². The summed E-state index contributed by atoms with van der Waals surface area (Å²) in [5, 5.41) is 3.02. The summed E-state index contributed by atoms with van der Waals surface area (Å²) in [7, 11) is 0. The minimum Gasteiger partial charge on any atom is -0.328 e. The van der Waals surface area contributed by atoms with E-state index in [2.05, 4.69) is 15.3 Å². The Kier molecular flexibility index (Phi) is 2.18. The van der Waals surface area contributed by atoms with Crippen molar-refractivity contribution in [3.63, 3.8) is 0 Å². The van der Waals surface area contributed by atoms with Crippen molar-refractivity contribution < 1.29 is 4.39 Å². The summed E-state index contributed by atoms with van der Waals surface area (Å²) in [5.41, 5.74) is 1.79. The number of hydrogen-bond donors (Lipinski definition) is 2. The molecular formula is C10H10FN3.